The summed E-state index contributed by atoms with van der Waals surface area (Å²) < 4.78 is 13.1. The van der Waals surface area contributed by atoms with E-state index < -0.39 is 0 Å². The van der Waals surface area contributed by atoms with E-state index >= 15 is 0 Å². The van der Waals surface area contributed by atoms with Crippen LogP contribution < -0.4 is 5.32 Å². The molecule has 0 amide bonds. The summed E-state index contributed by atoms with van der Waals surface area (Å²) in [7, 11) is 5.57. The van der Waals surface area contributed by atoms with Gasteiger partial charge in [0.1, 0.15) is 0 Å². The van der Waals surface area contributed by atoms with Gasteiger partial charge in [-0.1, -0.05) is 11.6 Å². The van der Waals surface area contributed by atoms with Crippen molar-refractivity contribution in [1.82, 2.24) is 15.1 Å². The molecule has 2 heterocycles. The van der Waals surface area contributed by atoms with Gasteiger partial charge in [-0.2, -0.15) is 5.10 Å². The van der Waals surface area contributed by atoms with Crippen molar-refractivity contribution in [1.29, 1.82) is 0 Å². The molecule has 0 saturated carbocycles. The predicted molar refractivity (Wildman–Crippen MR) is 69.8 cm³/mol. The van der Waals surface area contributed by atoms with Crippen LogP contribution in [0.4, 0.5) is 0 Å². The van der Waals surface area contributed by atoms with Gasteiger partial charge in [-0.15, -0.1) is 0 Å². The summed E-state index contributed by atoms with van der Waals surface area (Å²) in [6.07, 6.45) is 3.36. The van der Waals surface area contributed by atoms with E-state index in [9.17, 15) is 0 Å². The maximum absolute atomic E-state index is 6.25. The zero-order chi connectivity index (χ0) is 13.2. The largest absolute Gasteiger partial charge is 0.381 e. The molecule has 0 aliphatic carbocycles. The number of halogens is 1. The van der Waals surface area contributed by atoms with Gasteiger partial charge >= 0.3 is 0 Å². The molecule has 1 aliphatic heterocycles. The Morgan fingerprint density at radius 3 is 2.67 bits per heavy atom. The van der Waals surface area contributed by atoms with Crippen LogP contribution in [-0.4, -0.2) is 42.8 Å². The van der Waals surface area contributed by atoms with Crippen LogP contribution >= 0.6 is 11.6 Å². The van der Waals surface area contributed by atoms with Gasteiger partial charge in [0.25, 0.3) is 0 Å². The first-order chi connectivity index (χ1) is 8.64. The van der Waals surface area contributed by atoms with E-state index in [1.807, 2.05) is 14.1 Å². The summed E-state index contributed by atoms with van der Waals surface area (Å²) in [5.41, 5.74) is 0.674. The Morgan fingerprint density at radius 1 is 1.56 bits per heavy atom. The summed E-state index contributed by atoms with van der Waals surface area (Å²) in [5, 5.41) is 8.19. The third-order valence-corrected chi connectivity index (χ3v) is 4.06. The Labute approximate surface area is 112 Å². The molecule has 0 bridgehead atoms. The van der Waals surface area contributed by atoms with E-state index in [0.717, 1.165) is 18.5 Å². The van der Waals surface area contributed by atoms with Gasteiger partial charge in [-0.05, 0) is 7.05 Å². The third kappa shape index (κ3) is 2.28. The molecule has 0 aromatic carbocycles. The van der Waals surface area contributed by atoms with Gasteiger partial charge in [-0.3, -0.25) is 4.68 Å². The first kappa shape index (κ1) is 13.8. The van der Waals surface area contributed by atoms with E-state index in [4.69, 9.17) is 21.1 Å². The molecule has 1 aromatic heterocycles. The summed E-state index contributed by atoms with van der Waals surface area (Å²) in [5.74, 6) is 0. The minimum Gasteiger partial charge on any atom is -0.381 e. The SMILES string of the molecule is CNC(c1c(Cl)cnn1C)C1(OC)CCOCC1. The lowest BCUT2D eigenvalue weighted by atomic mass is 9.84. The van der Waals surface area contributed by atoms with Crippen LogP contribution in [0.1, 0.15) is 24.6 Å². The normalized spacial score (nSPS) is 20.9. The molecule has 6 heteroatoms. The summed E-state index contributed by atoms with van der Waals surface area (Å²) in [6.45, 7) is 1.42. The average molecular weight is 274 g/mol. The molecule has 1 fully saturated rings. The molecule has 1 aliphatic rings. The Hall–Kier alpha value is -0.620. The molecule has 1 unspecified atom stereocenters. The highest BCUT2D eigenvalue weighted by molar-refractivity contribution is 6.31. The van der Waals surface area contributed by atoms with E-state index in [1.165, 1.54) is 0 Å². The number of ether oxygens (including phenoxy) is 2. The third-order valence-electron chi connectivity index (χ3n) is 3.77. The fraction of sp³-hybridized carbons (Fsp3) is 0.750. The van der Waals surface area contributed by atoms with Crippen molar-refractivity contribution in [2.75, 3.05) is 27.4 Å². The highest BCUT2D eigenvalue weighted by Crippen LogP contribution is 2.39. The maximum Gasteiger partial charge on any atom is 0.0932 e. The molecule has 1 atom stereocenters. The Kier molecular flexibility index (Phi) is 4.27. The predicted octanol–water partition coefficient (Wildman–Crippen LogP) is 1.53. The first-order valence-electron chi connectivity index (χ1n) is 6.12. The fourth-order valence-electron chi connectivity index (χ4n) is 2.72. The van der Waals surface area contributed by atoms with Crippen LogP contribution in [0.3, 0.4) is 0 Å². The standard InChI is InChI=1S/C12H20ClN3O2/c1-14-11(10-9(13)8-15-16(10)2)12(17-3)4-6-18-7-5-12/h8,11,14H,4-7H2,1-3H3. The number of rotatable bonds is 4. The first-order valence-corrected chi connectivity index (χ1v) is 6.50. The second kappa shape index (κ2) is 5.57. The molecule has 1 saturated heterocycles. The number of likely N-dealkylation sites (N-methyl/N-ethyl adjacent to an activating group) is 1. The molecule has 0 spiro atoms. The fourth-order valence-corrected chi connectivity index (χ4v) is 3.00. The van der Waals surface area contributed by atoms with Gasteiger partial charge in [0, 0.05) is 40.2 Å². The zero-order valence-corrected chi connectivity index (χ0v) is 11.8. The molecule has 2 rings (SSSR count). The Balaban J connectivity index is 2.37. The van der Waals surface area contributed by atoms with Crippen molar-refractivity contribution >= 4 is 11.6 Å². The number of nitrogens with zero attached hydrogens (tertiary/aromatic N) is 2. The van der Waals surface area contributed by atoms with Crippen molar-refractivity contribution in [3.8, 4) is 0 Å². The summed E-state index contributed by atoms with van der Waals surface area (Å²) in [6, 6.07) is 0.00593. The summed E-state index contributed by atoms with van der Waals surface area (Å²) >= 11 is 6.25. The average Bonchev–Trinajstić information content (AvgIpc) is 2.73. The van der Waals surface area contributed by atoms with Gasteiger partial charge in [0.05, 0.1) is 28.6 Å². The number of hydrogen-bond donors (Lipinski definition) is 1. The monoisotopic (exact) mass is 273 g/mol. The Bertz CT molecular complexity index is 383. The van der Waals surface area contributed by atoms with Crippen molar-refractivity contribution in [3.05, 3.63) is 16.9 Å². The van der Waals surface area contributed by atoms with E-state index in [0.29, 0.717) is 18.2 Å². The maximum atomic E-state index is 6.25. The lowest BCUT2D eigenvalue weighted by molar-refractivity contribution is -0.111. The number of nitrogens with one attached hydrogen (secondary N) is 1. The van der Waals surface area contributed by atoms with Crippen LogP contribution in [0.5, 0.6) is 0 Å². The van der Waals surface area contributed by atoms with Crippen LogP contribution in [0.2, 0.25) is 5.02 Å². The highest BCUT2D eigenvalue weighted by Gasteiger charge is 2.42. The van der Waals surface area contributed by atoms with Crippen LogP contribution in [0, 0.1) is 0 Å². The molecule has 1 N–H and O–H groups in total. The summed E-state index contributed by atoms with van der Waals surface area (Å²) in [4.78, 5) is 0. The topological polar surface area (TPSA) is 48.3 Å². The number of aryl methyl sites for hydroxylation is 1. The van der Waals surface area contributed by atoms with Crippen LogP contribution in [0.25, 0.3) is 0 Å². The van der Waals surface area contributed by atoms with Gasteiger partial charge in [0.2, 0.25) is 0 Å². The molecular formula is C12H20ClN3O2. The highest BCUT2D eigenvalue weighted by atomic mass is 35.5. The second-order valence-corrected chi connectivity index (χ2v) is 5.01. The number of hydrogen-bond acceptors (Lipinski definition) is 4. The van der Waals surface area contributed by atoms with Gasteiger partial charge in [0.15, 0.2) is 0 Å². The van der Waals surface area contributed by atoms with E-state index in [-0.39, 0.29) is 11.6 Å². The number of methoxy groups -OCH3 is 1. The minimum atomic E-state index is -0.287. The van der Waals surface area contributed by atoms with Gasteiger partial charge < -0.3 is 14.8 Å². The number of aromatic nitrogens is 2. The molecule has 18 heavy (non-hydrogen) atoms. The molecule has 5 nitrogen and oxygen atoms in total. The lowest BCUT2D eigenvalue weighted by Gasteiger charge is -2.42. The van der Waals surface area contributed by atoms with Crippen molar-refractivity contribution in [2.24, 2.45) is 7.05 Å². The Morgan fingerprint density at radius 2 is 2.22 bits per heavy atom. The molecule has 0 radical (unpaired) electrons. The van der Waals surface area contributed by atoms with Crippen LogP contribution in [0.15, 0.2) is 6.20 Å². The minimum absolute atomic E-state index is 0.00593. The molecule has 102 valence electrons. The van der Waals surface area contributed by atoms with E-state index in [2.05, 4.69) is 10.4 Å². The van der Waals surface area contributed by atoms with Crippen molar-refractivity contribution in [2.45, 2.75) is 24.5 Å². The van der Waals surface area contributed by atoms with Crippen LogP contribution in [-0.2, 0) is 16.5 Å². The van der Waals surface area contributed by atoms with Crippen molar-refractivity contribution in [3.63, 3.8) is 0 Å². The van der Waals surface area contributed by atoms with Gasteiger partial charge in [-0.25, -0.2) is 0 Å². The smallest absolute Gasteiger partial charge is 0.0932 e. The zero-order valence-electron chi connectivity index (χ0n) is 11.1. The van der Waals surface area contributed by atoms with Crippen molar-refractivity contribution < 1.29 is 9.47 Å². The van der Waals surface area contributed by atoms with E-state index in [1.54, 1.807) is 18.0 Å². The molecule has 1 aromatic rings. The quantitative estimate of drug-likeness (QED) is 0.904. The second-order valence-electron chi connectivity index (χ2n) is 4.60. The molecular weight excluding hydrogens is 254 g/mol. The lowest BCUT2D eigenvalue weighted by Crippen LogP contribution is -2.49.